The second kappa shape index (κ2) is 7.76. The highest BCUT2D eigenvalue weighted by Gasteiger charge is 2.25. The molecule has 0 atom stereocenters. The summed E-state index contributed by atoms with van der Waals surface area (Å²) in [4.78, 5) is 11.5. The van der Waals surface area contributed by atoms with E-state index in [1.807, 2.05) is 20.8 Å². The molecule has 0 radical (unpaired) electrons. The molecule has 0 spiro atoms. The summed E-state index contributed by atoms with van der Waals surface area (Å²) in [6.45, 7) is 26.6. The monoisotopic (exact) mass is 299 g/mol. The van der Waals surface area contributed by atoms with Gasteiger partial charge in [-0.1, -0.05) is 62.3 Å². The van der Waals surface area contributed by atoms with Crippen molar-refractivity contribution in [2.45, 2.75) is 95.0 Å². The average molecular weight is 300 g/mol. The Bertz CT molecular complexity index is 288. The lowest BCUT2D eigenvalue weighted by molar-refractivity contribution is -0.128. The molecule has 0 saturated carbocycles. The molecule has 0 aromatic carbocycles. The minimum absolute atomic E-state index is 0.129. The fourth-order valence-electron chi connectivity index (χ4n) is 1.28. The van der Waals surface area contributed by atoms with Crippen LogP contribution in [-0.4, -0.2) is 17.9 Å². The molecule has 0 aromatic heterocycles. The van der Waals surface area contributed by atoms with E-state index in [9.17, 15) is 4.79 Å². The van der Waals surface area contributed by atoms with Gasteiger partial charge in [-0.05, 0) is 31.6 Å². The molecule has 0 amide bonds. The third-order valence-corrected chi connectivity index (χ3v) is 2.68. The summed E-state index contributed by atoms with van der Waals surface area (Å²) in [5.41, 5.74) is 0.609. The van der Waals surface area contributed by atoms with Gasteiger partial charge in [0.25, 0.3) is 0 Å². The molecule has 21 heavy (non-hydrogen) atoms. The highest BCUT2D eigenvalue weighted by Crippen LogP contribution is 2.26. The first-order valence-electron chi connectivity index (χ1n) is 8.12. The van der Waals surface area contributed by atoms with Gasteiger partial charge >= 0.3 is 0 Å². The van der Waals surface area contributed by atoms with Crippen LogP contribution in [0.2, 0.25) is 0 Å². The van der Waals surface area contributed by atoms with Crippen LogP contribution in [0.15, 0.2) is 0 Å². The van der Waals surface area contributed by atoms with Crippen LogP contribution < -0.4 is 5.32 Å². The van der Waals surface area contributed by atoms with E-state index in [0.29, 0.717) is 17.6 Å². The fraction of sp³-hybridized carbons (Fsp3) is 0.947. The van der Waals surface area contributed by atoms with Gasteiger partial charge in [0.2, 0.25) is 0 Å². The summed E-state index contributed by atoms with van der Waals surface area (Å²) < 4.78 is 0. The number of hydrogen-bond donors (Lipinski definition) is 1. The SMILES string of the molecule is CC(C)(C)CC(=O)C(C)(C)C.CC(C)(C)CNC(C)(C)C. The van der Waals surface area contributed by atoms with Gasteiger partial charge in [0.15, 0.2) is 0 Å². The molecule has 0 aliphatic carbocycles. The van der Waals surface area contributed by atoms with Gasteiger partial charge in [-0.15, -0.1) is 0 Å². The van der Waals surface area contributed by atoms with Crippen molar-refractivity contribution in [1.82, 2.24) is 5.32 Å². The Labute approximate surface area is 134 Å². The Morgan fingerprint density at radius 3 is 1.19 bits per heavy atom. The largest absolute Gasteiger partial charge is 0.312 e. The summed E-state index contributed by atoms with van der Waals surface area (Å²) in [6.07, 6.45) is 0.677. The Morgan fingerprint density at radius 1 is 0.714 bits per heavy atom. The maximum Gasteiger partial charge on any atom is 0.138 e. The summed E-state index contributed by atoms with van der Waals surface area (Å²) in [7, 11) is 0. The van der Waals surface area contributed by atoms with Crippen LogP contribution in [0.4, 0.5) is 0 Å². The highest BCUT2D eigenvalue weighted by atomic mass is 16.1. The minimum Gasteiger partial charge on any atom is -0.312 e. The smallest absolute Gasteiger partial charge is 0.138 e. The zero-order chi connectivity index (χ0) is 17.7. The minimum atomic E-state index is -0.173. The summed E-state index contributed by atoms with van der Waals surface area (Å²) in [6, 6.07) is 0. The molecule has 2 heteroatoms. The van der Waals surface area contributed by atoms with E-state index in [0.717, 1.165) is 6.54 Å². The van der Waals surface area contributed by atoms with Gasteiger partial charge in [-0.3, -0.25) is 4.79 Å². The molecular formula is C19H41NO. The van der Waals surface area contributed by atoms with Crippen LogP contribution in [0.3, 0.4) is 0 Å². The first-order valence-corrected chi connectivity index (χ1v) is 8.12. The van der Waals surface area contributed by atoms with Crippen LogP contribution in [0.5, 0.6) is 0 Å². The van der Waals surface area contributed by atoms with Gasteiger partial charge in [0.05, 0.1) is 0 Å². The number of ketones is 1. The van der Waals surface area contributed by atoms with Gasteiger partial charge in [-0.25, -0.2) is 0 Å². The van der Waals surface area contributed by atoms with Crippen LogP contribution in [0, 0.1) is 16.2 Å². The molecule has 0 aromatic rings. The molecule has 0 bridgehead atoms. The van der Waals surface area contributed by atoms with Gasteiger partial charge in [-0.2, -0.15) is 0 Å². The summed E-state index contributed by atoms with van der Waals surface area (Å²) in [5.74, 6) is 0.352. The predicted molar refractivity (Wildman–Crippen MR) is 95.7 cm³/mol. The third-order valence-electron chi connectivity index (χ3n) is 2.68. The lowest BCUT2D eigenvalue weighted by Crippen LogP contribution is -2.40. The number of nitrogens with one attached hydrogen (secondary N) is 1. The predicted octanol–water partition coefficient (Wildman–Crippen LogP) is 5.46. The van der Waals surface area contributed by atoms with E-state index in [1.54, 1.807) is 0 Å². The third kappa shape index (κ3) is 19.6. The van der Waals surface area contributed by atoms with Crippen LogP contribution >= 0.6 is 0 Å². The summed E-state index contributed by atoms with van der Waals surface area (Å²) in [5, 5.41) is 3.46. The van der Waals surface area contributed by atoms with E-state index in [2.05, 4.69) is 67.6 Å². The van der Waals surface area contributed by atoms with Crippen molar-refractivity contribution in [2.24, 2.45) is 16.2 Å². The first kappa shape index (κ1) is 22.9. The van der Waals surface area contributed by atoms with Crippen molar-refractivity contribution in [3.63, 3.8) is 0 Å². The number of Topliss-reactive ketones (excluding diaryl/α,β-unsaturated/α-hetero) is 1. The Hall–Kier alpha value is -0.370. The number of rotatable bonds is 2. The molecule has 128 valence electrons. The van der Waals surface area contributed by atoms with E-state index in [1.165, 1.54) is 0 Å². The Morgan fingerprint density at radius 2 is 1.10 bits per heavy atom. The standard InChI is InChI=1S/C10H20O.C9H21N/c1-9(2,3)7-8(11)10(4,5)6;1-8(2,3)7-10-9(4,5)6/h7H2,1-6H3;10H,7H2,1-6H3. The molecule has 0 aliphatic heterocycles. The maximum absolute atomic E-state index is 11.5. The number of hydrogen-bond acceptors (Lipinski definition) is 2. The average Bonchev–Trinajstić information content (AvgIpc) is 2.09. The van der Waals surface area contributed by atoms with Gasteiger partial charge < -0.3 is 5.32 Å². The number of carbonyl (C=O) groups is 1. The molecule has 0 saturated heterocycles. The second-order valence-corrected chi connectivity index (χ2v) is 10.6. The van der Waals surface area contributed by atoms with Crippen LogP contribution in [0.1, 0.15) is 89.5 Å². The van der Waals surface area contributed by atoms with Gasteiger partial charge in [0, 0.05) is 23.9 Å². The van der Waals surface area contributed by atoms with Gasteiger partial charge in [0.1, 0.15) is 5.78 Å². The van der Waals surface area contributed by atoms with Crippen LogP contribution in [-0.2, 0) is 4.79 Å². The van der Waals surface area contributed by atoms with E-state index in [4.69, 9.17) is 0 Å². The molecule has 2 nitrogen and oxygen atoms in total. The van der Waals surface area contributed by atoms with Crippen molar-refractivity contribution in [1.29, 1.82) is 0 Å². The normalized spacial score (nSPS) is 13.5. The van der Waals surface area contributed by atoms with Crippen LogP contribution in [0.25, 0.3) is 0 Å². The lowest BCUT2D eigenvalue weighted by Gasteiger charge is -2.27. The molecule has 1 N–H and O–H groups in total. The Kier molecular flexibility index (Phi) is 8.46. The zero-order valence-corrected chi connectivity index (χ0v) is 16.8. The van der Waals surface area contributed by atoms with E-state index < -0.39 is 0 Å². The Balaban J connectivity index is 0. The topological polar surface area (TPSA) is 29.1 Å². The van der Waals surface area contributed by atoms with E-state index in [-0.39, 0.29) is 16.4 Å². The molecule has 0 heterocycles. The van der Waals surface area contributed by atoms with Crippen molar-refractivity contribution in [2.75, 3.05) is 6.54 Å². The maximum atomic E-state index is 11.5. The molecule has 0 rings (SSSR count). The van der Waals surface area contributed by atoms with Crippen molar-refractivity contribution in [3.05, 3.63) is 0 Å². The first-order chi connectivity index (χ1) is 8.83. The van der Waals surface area contributed by atoms with Crippen molar-refractivity contribution in [3.8, 4) is 0 Å². The van der Waals surface area contributed by atoms with Crippen molar-refractivity contribution < 1.29 is 4.79 Å². The second-order valence-electron chi connectivity index (χ2n) is 10.6. The van der Waals surface area contributed by atoms with E-state index >= 15 is 0 Å². The fourth-order valence-corrected chi connectivity index (χ4v) is 1.28. The van der Waals surface area contributed by atoms with Crippen molar-refractivity contribution >= 4 is 5.78 Å². The lowest BCUT2D eigenvalue weighted by atomic mass is 9.80. The summed E-state index contributed by atoms with van der Waals surface area (Å²) >= 11 is 0. The molecule has 0 fully saturated rings. The quantitative estimate of drug-likeness (QED) is 0.733. The molecule has 0 aliphatic rings. The number of carbonyl (C=O) groups excluding carboxylic acids is 1. The zero-order valence-electron chi connectivity index (χ0n) is 16.8. The molecular weight excluding hydrogens is 258 g/mol. The molecule has 0 unspecified atom stereocenters. The highest BCUT2D eigenvalue weighted by molar-refractivity contribution is 5.84.